The number of esters is 1. The smallest absolute Gasteiger partial charge is 0.327 e. The van der Waals surface area contributed by atoms with Crippen molar-refractivity contribution in [2.45, 2.75) is 82.8 Å². The van der Waals surface area contributed by atoms with Crippen LogP contribution >= 0.6 is 0 Å². The molecular formula is C21H31F2NO4. The van der Waals surface area contributed by atoms with Crippen molar-refractivity contribution in [3.8, 4) is 11.8 Å². The number of carbonyl (C=O) groups excluding carboxylic acids is 2. The third-order valence-electron chi connectivity index (χ3n) is 4.62. The van der Waals surface area contributed by atoms with Gasteiger partial charge in [-0.15, -0.1) is 11.8 Å². The zero-order chi connectivity index (χ0) is 21.0. The van der Waals surface area contributed by atoms with Crippen LogP contribution in [0.3, 0.4) is 0 Å². The molecule has 1 aliphatic rings. The molecule has 0 radical (unpaired) electrons. The maximum absolute atomic E-state index is 13.9. The van der Waals surface area contributed by atoms with Crippen molar-refractivity contribution in [1.82, 2.24) is 4.90 Å². The maximum atomic E-state index is 13.9. The van der Waals surface area contributed by atoms with Crippen LogP contribution in [-0.2, 0) is 14.3 Å². The molecule has 1 aliphatic heterocycles. The van der Waals surface area contributed by atoms with E-state index in [9.17, 15) is 23.5 Å². The third kappa shape index (κ3) is 8.39. The van der Waals surface area contributed by atoms with Gasteiger partial charge in [0.1, 0.15) is 0 Å². The van der Waals surface area contributed by atoms with Gasteiger partial charge in [0.2, 0.25) is 0 Å². The van der Waals surface area contributed by atoms with E-state index in [2.05, 4.69) is 16.6 Å². The monoisotopic (exact) mass is 399 g/mol. The maximum Gasteiger partial charge on any atom is 0.327 e. The minimum Gasteiger partial charge on any atom is -0.469 e. The van der Waals surface area contributed by atoms with Gasteiger partial charge in [-0.1, -0.05) is 31.9 Å². The van der Waals surface area contributed by atoms with E-state index in [4.69, 9.17) is 0 Å². The normalized spacial score (nSPS) is 19.5. The van der Waals surface area contributed by atoms with E-state index in [1.807, 2.05) is 6.92 Å². The Labute approximate surface area is 166 Å². The molecule has 0 aromatic heterocycles. The summed E-state index contributed by atoms with van der Waals surface area (Å²) in [4.78, 5) is 24.2. The second kappa shape index (κ2) is 12.5. The fourth-order valence-electron chi connectivity index (χ4n) is 3.05. The van der Waals surface area contributed by atoms with E-state index in [1.54, 1.807) is 0 Å². The first-order valence-electron chi connectivity index (χ1n) is 9.89. The molecule has 0 saturated carbocycles. The molecule has 0 unspecified atom stereocenters. The van der Waals surface area contributed by atoms with Crippen LogP contribution in [0.5, 0.6) is 0 Å². The Hall–Kier alpha value is -1.94. The zero-order valence-electron chi connectivity index (χ0n) is 16.8. The Balaban J connectivity index is 2.48. The molecule has 1 rings (SSSR count). The molecule has 0 aliphatic carbocycles. The van der Waals surface area contributed by atoms with Gasteiger partial charge in [-0.05, 0) is 19.3 Å². The number of aliphatic hydroxyl groups excluding tert-OH is 1. The van der Waals surface area contributed by atoms with Crippen LogP contribution in [0.15, 0.2) is 12.2 Å². The number of amides is 1. The standard InChI is InChI=1S/C21H31F2NO4/c1-3-4-5-8-11-18(25)14-13-17-16-21(22,23)20(27)24(17)15-10-7-6-9-12-19(26)28-2/h13-14,17-18,25H,3,6-12,15-16H2,1-2H3/b14-13+/t17-,18-/m0/s1. The number of rotatable bonds is 11. The van der Waals surface area contributed by atoms with E-state index in [-0.39, 0.29) is 12.5 Å². The van der Waals surface area contributed by atoms with Gasteiger partial charge in [0.25, 0.3) is 5.91 Å². The van der Waals surface area contributed by atoms with Crippen LogP contribution in [-0.4, -0.2) is 53.6 Å². The number of nitrogens with zero attached hydrogens (tertiary/aromatic N) is 1. The molecule has 2 atom stereocenters. The van der Waals surface area contributed by atoms with Crippen LogP contribution in [0.2, 0.25) is 0 Å². The summed E-state index contributed by atoms with van der Waals surface area (Å²) in [5.41, 5.74) is 0. The van der Waals surface area contributed by atoms with Crippen molar-refractivity contribution in [2.75, 3.05) is 13.7 Å². The molecular weight excluding hydrogens is 368 g/mol. The highest BCUT2D eigenvalue weighted by atomic mass is 19.3. The lowest BCUT2D eigenvalue weighted by Crippen LogP contribution is -2.36. The second-order valence-corrected chi connectivity index (χ2v) is 6.91. The van der Waals surface area contributed by atoms with Crippen LogP contribution in [0.4, 0.5) is 8.78 Å². The SMILES string of the molecule is CCC#CCC[C@H](O)/C=C/[C@H]1CC(F)(F)C(=O)N1CCCCCCC(=O)OC. The van der Waals surface area contributed by atoms with Gasteiger partial charge in [-0.2, -0.15) is 8.78 Å². The minimum absolute atomic E-state index is 0.236. The van der Waals surface area contributed by atoms with E-state index < -0.39 is 30.4 Å². The predicted octanol–water partition coefficient (Wildman–Crippen LogP) is 3.46. The largest absolute Gasteiger partial charge is 0.469 e. The molecule has 7 heteroatoms. The molecule has 1 saturated heterocycles. The van der Waals surface area contributed by atoms with Crippen molar-refractivity contribution < 1.29 is 28.2 Å². The van der Waals surface area contributed by atoms with Crippen molar-refractivity contribution >= 4 is 11.9 Å². The molecule has 1 heterocycles. The van der Waals surface area contributed by atoms with Gasteiger partial charge in [0.15, 0.2) is 0 Å². The first kappa shape index (κ1) is 24.1. The van der Waals surface area contributed by atoms with Gasteiger partial charge < -0.3 is 14.7 Å². The molecule has 1 fully saturated rings. The number of methoxy groups -OCH3 is 1. The number of hydrogen-bond donors (Lipinski definition) is 1. The van der Waals surface area contributed by atoms with Crippen LogP contribution in [0, 0.1) is 11.8 Å². The predicted molar refractivity (Wildman–Crippen MR) is 103 cm³/mol. The quantitative estimate of drug-likeness (QED) is 0.250. The summed E-state index contributed by atoms with van der Waals surface area (Å²) in [7, 11) is 1.34. The second-order valence-electron chi connectivity index (χ2n) is 6.91. The van der Waals surface area contributed by atoms with Gasteiger partial charge in [-0.3, -0.25) is 9.59 Å². The summed E-state index contributed by atoms with van der Waals surface area (Å²) < 4.78 is 32.3. The Bertz CT molecular complexity index is 595. The summed E-state index contributed by atoms with van der Waals surface area (Å²) >= 11 is 0. The zero-order valence-corrected chi connectivity index (χ0v) is 16.8. The number of aliphatic hydroxyl groups is 1. The molecule has 0 bridgehead atoms. The Kier molecular flexibility index (Phi) is 10.8. The summed E-state index contributed by atoms with van der Waals surface area (Å²) in [6.07, 6.45) is 6.48. The van der Waals surface area contributed by atoms with Crippen molar-refractivity contribution in [1.29, 1.82) is 0 Å². The molecule has 158 valence electrons. The number of alkyl halides is 2. The van der Waals surface area contributed by atoms with Gasteiger partial charge in [-0.25, -0.2) is 0 Å². The lowest BCUT2D eigenvalue weighted by atomic mass is 10.1. The Morgan fingerprint density at radius 2 is 2.07 bits per heavy atom. The van der Waals surface area contributed by atoms with Crippen molar-refractivity contribution in [2.24, 2.45) is 0 Å². The highest BCUT2D eigenvalue weighted by Gasteiger charge is 2.52. The fourth-order valence-corrected chi connectivity index (χ4v) is 3.05. The van der Waals surface area contributed by atoms with Gasteiger partial charge in [0, 0.05) is 32.2 Å². The number of likely N-dealkylation sites (tertiary alicyclic amines) is 1. The fraction of sp³-hybridized carbons (Fsp3) is 0.714. The average Bonchev–Trinajstić information content (AvgIpc) is 2.88. The molecule has 28 heavy (non-hydrogen) atoms. The summed E-state index contributed by atoms with van der Waals surface area (Å²) in [6.45, 7) is 2.17. The minimum atomic E-state index is -3.36. The molecule has 5 nitrogen and oxygen atoms in total. The molecule has 0 spiro atoms. The van der Waals surface area contributed by atoms with Crippen LogP contribution < -0.4 is 0 Å². The van der Waals surface area contributed by atoms with E-state index in [0.717, 1.165) is 19.3 Å². The van der Waals surface area contributed by atoms with Crippen LogP contribution in [0.1, 0.15) is 64.7 Å². The first-order valence-corrected chi connectivity index (χ1v) is 9.89. The Morgan fingerprint density at radius 3 is 2.75 bits per heavy atom. The highest BCUT2D eigenvalue weighted by molar-refractivity contribution is 5.86. The molecule has 0 aromatic carbocycles. The van der Waals surface area contributed by atoms with Crippen molar-refractivity contribution in [3.05, 3.63) is 12.2 Å². The first-order chi connectivity index (χ1) is 13.3. The van der Waals surface area contributed by atoms with E-state index in [1.165, 1.54) is 24.2 Å². The summed E-state index contributed by atoms with van der Waals surface area (Å²) in [5, 5.41) is 9.95. The molecule has 0 aromatic rings. The number of carbonyl (C=O) groups is 2. The summed E-state index contributed by atoms with van der Waals surface area (Å²) in [6, 6.07) is -0.714. The number of unbranched alkanes of at least 4 members (excludes halogenated alkanes) is 3. The van der Waals surface area contributed by atoms with Gasteiger partial charge in [0.05, 0.1) is 19.3 Å². The highest BCUT2D eigenvalue weighted by Crippen LogP contribution is 2.34. The lowest BCUT2D eigenvalue weighted by molar-refractivity contribution is -0.148. The number of ether oxygens (including phenoxy) is 1. The third-order valence-corrected chi connectivity index (χ3v) is 4.62. The molecule has 1 N–H and O–H groups in total. The topological polar surface area (TPSA) is 66.8 Å². The molecule has 1 amide bonds. The Morgan fingerprint density at radius 1 is 1.36 bits per heavy atom. The van der Waals surface area contributed by atoms with Crippen LogP contribution in [0.25, 0.3) is 0 Å². The van der Waals surface area contributed by atoms with Crippen molar-refractivity contribution in [3.63, 3.8) is 0 Å². The summed E-state index contributed by atoms with van der Waals surface area (Å²) in [5.74, 6) is 1.05. The van der Waals surface area contributed by atoms with E-state index >= 15 is 0 Å². The number of hydrogen-bond acceptors (Lipinski definition) is 4. The lowest BCUT2D eigenvalue weighted by Gasteiger charge is -2.22. The van der Waals surface area contributed by atoms with Gasteiger partial charge >= 0.3 is 11.9 Å². The van der Waals surface area contributed by atoms with E-state index in [0.29, 0.717) is 32.1 Å². The number of halogens is 2. The average molecular weight is 399 g/mol.